The minimum absolute atomic E-state index is 0.0438. The molecule has 0 atom stereocenters. The minimum Gasteiger partial charge on any atom is -0.312 e. The summed E-state index contributed by atoms with van der Waals surface area (Å²) in [6.45, 7) is 0. The summed E-state index contributed by atoms with van der Waals surface area (Å²) in [6, 6.07) is 8.47. The molecule has 0 radical (unpaired) electrons. The maximum Gasteiger partial charge on any atom is 0.159 e. The average molecular weight is 303 g/mol. The van der Waals surface area contributed by atoms with Crippen molar-refractivity contribution in [3.63, 3.8) is 0 Å². The van der Waals surface area contributed by atoms with Crippen LogP contribution in [0.4, 0.5) is 0 Å². The summed E-state index contributed by atoms with van der Waals surface area (Å²) in [5.41, 5.74) is 5.13. The van der Waals surface area contributed by atoms with Crippen molar-refractivity contribution in [1.82, 2.24) is 20.2 Å². The summed E-state index contributed by atoms with van der Waals surface area (Å²) >= 11 is 0. The molecule has 2 saturated carbocycles. The van der Waals surface area contributed by atoms with Crippen molar-refractivity contribution < 1.29 is 0 Å². The molecule has 2 aliphatic rings. The van der Waals surface area contributed by atoms with Gasteiger partial charge in [0.25, 0.3) is 0 Å². The third kappa shape index (κ3) is 1.92. The van der Waals surface area contributed by atoms with Gasteiger partial charge in [-0.15, -0.1) is 0 Å². The predicted octanol–water partition coefficient (Wildman–Crippen LogP) is 3.58. The summed E-state index contributed by atoms with van der Waals surface area (Å²) in [5.74, 6) is 0.549. The van der Waals surface area contributed by atoms with Crippen LogP contribution in [0.3, 0.4) is 0 Å². The first-order valence-electron chi connectivity index (χ1n) is 8.12. The molecule has 3 aromatic rings. The van der Waals surface area contributed by atoms with Crippen LogP contribution < -0.4 is 0 Å². The number of nitrogens with zero attached hydrogens (tertiary/aromatic N) is 3. The van der Waals surface area contributed by atoms with Crippen LogP contribution in [0.5, 0.6) is 0 Å². The molecular formula is C18H17N5. The molecule has 2 heterocycles. The van der Waals surface area contributed by atoms with Gasteiger partial charge in [-0.1, -0.05) is 18.2 Å². The number of rotatable bonds is 4. The van der Waals surface area contributed by atoms with Crippen molar-refractivity contribution in [3.8, 4) is 11.3 Å². The summed E-state index contributed by atoms with van der Waals surface area (Å²) in [6.07, 6.45) is 7.73. The number of hydrogen-bond donors (Lipinski definition) is 2. The monoisotopic (exact) mass is 303 g/mol. The van der Waals surface area contributed by atoms with E-state index in [1.165, 1.54) is 18.4 Å². The number of H-pyrrole nitrogens is 1. The zero-order valence-electron chi connectivity index (χ0n) is 12.7. The highest BCUT2D eigenvalue weighted by Gasteiger charge is 2.42. The Morgan fingerprint density at radius 3 is 2.83 bits per heavy atom. The van der Waals surface area contributed by atoms with Gasteiger partial charge in [0.2, 0.25) is 0 Å². The molecule has 2 aliphatic carbocycles. The SMILES string of the molecule is N=CC1(c2cccc(-c3ncnc4[nH]nc(C5CC5)c34)c2)CC1. The van der Waals surface area contributed by atoms with Crippen LogP contribution in [0.2, 0.25) is 0 Å². The number of hydrogen-bond acceptors (Lipinski definition) is 4. The van der Waals surface area contributed by atoms with Gasteiger partial charge in [-0.05, 0) is 37.3 Å². The third-order valence-electron chi connectivity index (χ3n) is 5.13. The topological polar surface area (TPSA) is 78.3 Å². The van der Waals surface area contributed by atoms with Crippen molar-refractivity contribution in [2.45, 2.75) is 37.0 Å². The Balaban J connectivity index is 1.70. The molecule has 0 amide bonds. The number of aromatic amines is 1. The van der Waals surface area contributed by atoms with E-state index >= 15 is 0 Å². The second-order valence-corrected chi connectivity index (χ2v) is 6.71. The highest BCUT2D eigenvalue weighted by atomic mass is 15.2. The molecule has 0 bridgehead atoms. The fourth-order valence-corrected chi connectivity index (χ4v) is 3.38. The Hall–Kier alpha value is -2.56. The van der Waals surface area contributed by atoms with Gasteiger partial charge in [-0.25, -0.2) is 9.97 Å². The molecule has 0 aliphatic heterocycles. The first-order chi connectivity index (χ1) is 11.3. The molecule has 2 fully saturated rings. The Kier molecular flexibility index (Phi) is 2.52. The number of fused-ring (bicyclic) bond motifs is 1. The van der Waals surface area contributed by atoms with Gasteiger partial charge < -0.3 is 5.41 Å². The highest BCUT2D eigenvalue weighted by molar-refractivity contribution is 5.93. The smallest absolute Gasteiger partial charge is 0.159 e. The summed E-state index contributed by atoms with van der Waals surface area (Å²) in [4.78, 5) is 8.89. The largest absolute Gasteiger partial charge is 0.312 e. The van der Waals surface area contributed by atoms with Gasteiger partial charge in [0.05, 0.1) is 16.8 Å². The molecule has 5 nitrogen and oxygen atoms in total. The molecule has 0 spiro atoms. The lowest BCUT2D eigenvalue weighted by atomic mass is 9.94. The Labute approximate surface area is 133 Å². The van der Waals surface area contributed by atoms with E-state index in [2.05, 4.69) is 44.4 Å². The highest BCUT2D eigenvalue weighted by Crippen LogP contribution is 2.47. The van der Waals surface area contributed by atoms with Crippen LogP contribution in [-0.2, 0) is 5.41 Å². The number of benzene rings is 1. The molecule has 0 unspecified atom stereocenters. The molecule has 2 aromatic heterocycles. The van der Waals surface area contributed by atoms with Crippen LogP contribution in [0.1, 0.15) is 42.9 Å². The van der Waals surface area contributed by atoms with E-state index in [-0.39, 0.29) is 5.41 Å². The minimum atomic E-state index is -0.0438. The van der Waals surface area contributed by atoms with Gasteiger partial charge in [-0.3, -0.25) is 5.10 Å². The Morgan fingerprint density at radius 2 is 2.09 bits per heavy atom. The second kappa shape index (κ2) is 4.47. The zero-order chi connectivity index (χ0) is 15.4. The first-order valence-corrected chi connectivity index (χ1v) is 8.12. The van der Waals surface area contributed by atoms with Gasteiger partial charge in [0.15, 0.2) is 5.65 Å². The fourth-order valence-electron chi connectivity index (χ4n) is 3.38. The lowest BCUT2D eigenvalue weighted by molar-refractivity contribution is 0.965. The summed E-state index contributed by atoms with van der Waals surface area (Å²) in [5, 5.41) is 16.3. The van der Waals surface area contributed by atoms with Crippen molar-refractivity contribution in [2.75, 3.05) is 0 Å². The van der Waals surface area contributed by atoms with Crippen LogP contribution in [0.15, 0.2) is 30.6 Å². The van der Waals surface area contributed by atoms with Crippen LogP contribution in [0, 0.1) is 5.41 Å². The lowest BCUT2D eigenvalue weighted by Crippen LogP contribution is -2.07. The number of nitrogens with one attached hydrogen (secondary N) is 2. The van der Waals surface area contributed by atoms with Gasteiger partial charge in [0, 0.05) is 23.1 Å². The van der Waals surface area contributed by atoms with Gasteiger partial charge >= 0.3 is 0 Å². The van der Waals surface area contributed by atoms with Crippen molar-refractivity contribution >= 4 is 17.2 Å². The number of aromatic nitrogens is 4. The summed E-state index contributed by atoms with van der Waals surface area (Å²) in [7, 11) is 0. The average Bonchev–Trinajstić information content (AvgIpc) is 3.52. The predicted molar refractivity (Wildman–Crippen MR) is 88.8 cm³/mol. The molecular weight excluding hydrogens is 286 g/mol. The molecule has 0 saturated heterocycles. The Morgan fingerprint density at radius 1 is 1.22 bits per heavy atom. The molecule has 5 rings (SSSR count). The van der Waals surface area contributed by atoms with Crippen LogP contribution >= 0.6 is 0 Å². The maximum atomic E-state index is 7.72. The van der Waals surface area contributed by atoms with E-state index in [1.54, 1.807) is 12.5 Å². The van der Waals surface area contributed by atoms with Gasteiger partial charge in [0.1, 0.15) is 6.33 Å². The van der Waals surface area contributed by atoms with E-state index in [9.17, 15) is 0 Å². The first kappa shape index (κ1) is 12.9. The van der Waals surface area contributed by atoms with Crippen molar-refractivity contribution in [1.29, 1.82) is 5.41 Å². The lowest BCUT2D eigenvalue weighted by Gasteiger charge is -2.11. The van der Waals surface area contributed by atoms with E-state index in [1.807, 2.05) is 0 Å². The van der Waals surface area contributed by atoms with Crippen molar-refractivity contribution in [3.05, 3.63) is 41.9 Å². The summed E-state index contributed by atoms with van der Waals surface area (Å²) < 4.78 is 0. The normalized spacial score (nSPS) is 19.0. The third-order valence-corrected chi connectivity index (χ3v) is 5.13. The Bertz CT molecular complexity index is 918. The van der Waals surface area contributed by atoms with E-state index in [0.717, 1.165) is 40.8 Å². The van der Waals surface area contributed by atoms with E-state index < -0.39 is 0 Å². The van der Waals surface area contributed by atoms with E-state index in [0.29, 0.717) is 5.92 Å². The standard InChI is InChI=1S/C18H17N5/c19-9-18(6-7-18)13-3-1-2-12(8-13)15-14-16(11-4-5-11)22-23-17(14)21-10-20-15/h1-3,8-11,19H,4-7H2,(H,20,21,22,23). The van der Waals surface area contributed by atoms with Gasteiger partial charge in [-0.2, -0.15) is 5.10 Å². The molecule has 23 heavy (non-hydrogen) atoms. The van der Waals surface area contributed by atoms with E-state index in [4.69, 9.17) is 5.41 Å². The molecule has 114 valence electrons. The van der Waals surface area contributed by atoms with Crippen LogP contribution in [0.25, 0.3) is 22.3 Å². The molecule has 1 aromatic carbocycles. The quantitative estimate of drug-likeness (QED) is 0.723. The molecule has 2 N–H and O–H groups in total. The van der Waals surface area contributed by atoms with Crippen molar-refractivity contribution in [2.24, 2.45) is 0 Å². The zero-order valence-corrected chi connectivity index (χ0v) is 12.7. The fraction of sp³-hybridized carbons (Fsp3) is 0.333. The second-order valence-electron chi connectivity index (χ2n) is 6.71. The van der Waals surface area contributed by atoms with Crippen LogP contribution in [-0.4, -0.2) is 26.4 Å². The molecule has 5 heteroatoms. The maximum absolute atomic E-state index is 7.72.